The number of rotatable bonds is 3. The normalized spacial score (nSPS) is 27.5. The first kappa shape index (κ1) is 11.9. The van der Waals surface area contributed by atoms with Crippen molar-refractivity contribution in [3.8, 4) is 0 Å². The van der Waals surface area contributed by atoms with Crippen LogP contribution >= 0.6 is 0 Å². The number of nitrogens with two attached hydrogens (primary N) is 1. The van der Waals surface area contributed by atoms with Gasteiger partial charge in [-0.15, -0.1) is 0 Å². The SMILES string of the molecule is CCC(N)C1CCCN(S(C)(=O)=O)C1. The summed E-state index contributed by atoms with van der Waals surface area (Å²) >= 11 is 0. The van der Waals surface area contributed by atoms with Gasteiger partial charge in [-0.1, -0.05) is 6.92 Å². The number of hydrogen-bond donors (Lipinski definition) is 1. The van der Waals surface area contributed by atoms with E-state index in [2.05, 4.69) is 0 Å². The van der Waals surface area contributed by atoms with Gasteiger partial charge in [-0.25, -0.2) is 12.7 Å². The molecule has 0 aromatic carbocycles. The third kappa shape index (κ3) is 2.93. The minimum Gasteiger partial charge on any atom is -0.327 e. The van der Waals surface area contributed by atoms with Crippen molar-refractivity contribution < 1.29 is 8.42 Å². The molecule has 4 nitrogen and oxygen atoms in total. The Hall–Kier alpha value is -0.130. The number of hydrogen-bond acceptors (Lipinski definition) is 3. The quantitative estimate of drug-likeness (QED) is 0.748. The second-order valence-corrected chi connectivity index (χ2v) is 6.08. The average Bonchev–Trinajstić information content (AvgIpc) is 2.15. The van der Waals surface area contributed by atoms with Gasteiger partial charge >= 0.3 is 0 Å². The molecule has 0 radical (unpaired) electrons. The van der Waals surface area contributed by atoms with E-state index in [-0.39, 0.29) is 6.04 Å². The fourth-order valence-electron chi connectivity index (χ4n) is 1.96. The lowest BCUT2D eigenvalue weighted by Gasteiger charge is -2.33. The van der Waals surface area contributed by atoms with Crippen LogP contribution in [0.1, 0.15) is 26.2 Å². The Morgan fingerprint density at radius 1 is 1.57 bits per heavy atom. The van der Waals surface area contributed by atoms with Crippen LogP contribution in [0.25, 0.3) is 0 Å². The van der Waals surface area contributed by atoms with Gasteiger partial charge in [-0.3, -0.25) is 0 Å². The summed E-state index contributed by atoms with van der Waals surface area (Å²) < 4.78 is 24.2. The summed E-state index contributed by atoms with van der Waals surface area (Å²) in [6, 6.07) is 0.138. The van der Waals surface area contributed by atoms with Crippen LogP contribution in [-0.4, -0.2) is 38.1 Å². The lowest BCUT2D eigenvalue weighted by Crippen LogP contribution is -2.45. The smallest absolute Gasteiger partial charge is 0.211 e. The van der Waals surface area contributed by atoms with Crippen LogP contribution in [0.2, 0.25) is 0 Å². The molecule has 1 aliphatic rings. The number of piperidine rings is 1. The third-order valence-corrected chi connectivity index (χ3v) is 4.24. The predicted octanol–water partition coefficient (Wildman–Crippen LogP) is 0.395. The van der Waals surface area contributed by atoms with Crippen molar-refractivity contribution in [2.75, 3.05) is 19.3 Å². The molecule has 1 heterocycles. The van der Waals surface area contributed by atoms with E-state index in [1.807, 2.05) is 6.92 Å². The molecule has 1 aliphatic heterocycles. The maximum Gasteiger partial charge on any atom is 0.211 e. The molecule has 5 heteroatoms. The van der Waals surface area contributed by atoms with Gasteiger partial charge < -0.3 is 5.73 Å². The summed E-state index contributed by atoms with van der Waals surface area (Å²) in [4.78, 5) is 0. The summed E-state index contributed by atoms with van der Waals surface area (Å²) in [7, 11) is -3.02. The van der Waals surface area contributed by atoms with Crippen LogP contribution in [0.5, 0.6) is 0 Å². The molecule has 0 spiro atoms. The van der Waals surface area contributed by atoms with Gasteiger partial charge in [0.2, 0.25) is 10.0 Å². The Bertz CT molecular complexity index is 277. The lowest BCUT2D eigenvalue weighted by atomic mass is 9.91. The second-order valence-electron chi connectivity index (χ2n) is 4.10. The highest BCUT2D eigenvalue weighted by atomic mass is 32.2. The maximum atomic E-state index is 11.3. The molecule has 0 saturated carbocycles. The highest BCUT2D eigenvalue weighted by Crippen LogP contribution is 2.21. The monoisotopic (exact) mass is 220 g/mol. The second kappa shape index (κ2) is 4.59. The zero-order valence-electron chi connectivity index (χ0n) is 8.94. The summed E-state index contributed by atoms with van der Waals surface area (Å²) in [5.41, 5.74) is 5.93. The molecule has 2 N–H and O–H groups in total. The Morgan fingerprint density at radius 2 is 2.21 bits per heavy atom. The molecule has 1 saturated heterocycles. The van der Waals surface area contributed by atoms with Crippen LogP contribution in [0.15, 0.2) is 0 Å². The summed E-state index contributed by atoms with van der Waals surface area (Å²) in [5.74, 6) is 0.337. The topological polar surface area (TPSA) is 63.4 Å². The fourth-order valence-corrected chi connectivity index (χ4v) is 2.88. The van der Waals surface area contributed by atoms with Crippen molar-refractivity contribution in [3.05, 3.63) is 0 Å². The van der Waals surface area contributed by atoms with Gasteiger partial charge in [-0.2, -0.15) is 0 Å². The molecule has 1 fully saturated rings. The van der Waals surface area contributed by atoms with Crippen LogP contribution in [-0.2, 0) is 10.0 Å². The first-order chi connectivity index (χ1) is 6.45. The minimum atomic E-state index is -3.02. The largest absolute Gasteiger partial charge is 0.327 e. The van der Waals surface area contributed by atoms with Crippen LogP contribution in [0, 0.1) is 5.92 Å². The first-order valence-electron chi connectivity index (χ1n) is 5.16. The van der Waals surface area contributed by atoms with E-state index in [1.54, 1.807) is 4.31 Å². The Morgan fingerprint density at radius 3 is 2.71 bits per heavy atom. The third-order valence-electron chi connectivity index (χ3n) is 2.97. The Kier molecular flexibility index (Phi) is 3.92. The van der Waals surface area contributed by atoms with E-state index in [1.165, 1.54) is 6.26 Å². The van der Waals surface area contributed by atoms with Gasteiger partial charge in [0.15, 0.2) is 0 Å². The van der Waals surface area contributed by atoms with Gasteiger partial charge in [0.05, 0.1) is 6.26 Å². The minimum absolute atomic E-state index is 0.138. The van der Waals surface area contributed by atoms with E-state index in [0.29, 0.717) is 19.0 Å². The van der Waals surface area contributed by atoms with Gasteiger partial charge in [-0.05, 0) is 25.2 Å². The Labute approximate surface area is 86.5 Å². The van der Waals surface area contributed by atoms with E-state index in [0.717, 1.165) is 19.3 Å². The van der Waals surface area contributed by atoms with Crippen molar-refractivity contribution in [2.24, 2.45) is 11.7 Å². The van der Waals surface area contributed by atoms with Crippen LogP contribution in [0.3, 0.4) is 0 Å². The summed E-state index contributed by atoms with van der Waals surface area (Å²) in [5, 5.41) is 0. The zero-order valence-corrected chi connectivity index (χ0v) is 9.76. The van der Waals surface area contributed by atoms with E-state index in [9.17, 15) is 8.42 Å². The molecule has 84 valence electrons. The van der Waals surface area contributed by atoms with Crippen LogP contribution in [0.4, 0.5) is 0 Å². The zero-order chi connectivity index (χ0) is 10.8. The van der Waals surface area contributed by atoms with E-state index in [4.69, 9.17) is 5.73 Å². The van der Waals surface area contributed by atoms with Gasteiger partial charge in [0.25, 0.3) is 0 Å². The van der Waals surface area contributed by atoms with E-state index >= 15 is 0 Å². The molecular formula is C9H20N2O2S. The standard InChI is InChI=1S/C9H20N2O2S/c1-3-9(10)8-5-4-6-11(7-8)14(2,12)13/h8-9H,3-7,10H2,1-2H3. The lowest BCUT2D eigenvalue weighted by molar-refractivity contribution is 0.235. The number of nitrogens with zero attached hydrogens (tertiary/aromatic N) is 1. The molecule has 0 amide bonds. The number of sulfonamides is 1. The van der Waals surface area contributed by atoms with Gasteiger partial charge in [0.1, 0.15) is 0 Å². The average molecular weight is 220 g/mol. The molecule has 2 unspecified atom stereocenters. The van der Waals surface area contributed by atoms with Crippen molar-refractivity contribution in [2.45, 2.75) is 32.2 Å². The van der Waals surface area contributed by atoms with Crippen molar-refractivity contribution in [1.29, 1.82) is 0 Å². The molecular weight excluding hydrogens is 200 g/mol. The molecule has 2 atom stereocenters. The fraction of sp³-hybridized carbons (Fsp3) is 1.00. The van der Waals surface area contributed by atoms with Gasteiger partial charge in [0, 0.05) is 19.1 Å². The van der Waals surface area contributed by atoms with Crippen LogP contribution < -0.4 is 5.73 Å². The molecule has 0 bridgehead atoms. The predicted molar refractivity (Wildman–Crippen MR) is 57.4 cm³/mol. The highest BCUT2D eigenvalue weighted by molar-refractivity contribution is 7.88. The molecule has 1 rings (SSSR count). The van der Waals surface area contributed by atoms with E-state index < -0.39 is 10.0 Å². The highest BCUT2D eigenvalue weighted by Gasteiger charge is 2.28. The summed E-state index contributed by atoms with van der Waals surface area (Å²) in [6.07, 6.45) is 4.18. The summed E-state index contributed by atoms with van der Waals surface area (Å²) in [6.45, 7) is 3.31. The molecule has 0 aromatic rings. The van der Waals surface area contributed by atoms with Crippen molar-refractivity contribution in [1.82, 2.24) is 4.31 Å². The first-order valence-corrected chi connectivity index (χ1v) is 7.00. The van der Waals surface area contributed by atoms with Crippen molar-refractivity contribution in [3.63, 3.8) is 0 Å². The molecule has 0 aromatic heterocycles. The molecule has 14 heavy (non-hydrogen) atoms. The Balaban J connectivity index is 2.61. The van der Waals surface area contributed by atoms with Crippen molar-refractivity contribution >= 4 is 10.0 Å². The maximum absolute atomic E-state index is 11.3. The molecule has 0 aliphatic carbocycles.